The Morgan fingerprint density at radius 1 is 1.00 bits per heavy atom. The molecule has 0 rings (SSSR count). The maximum absolute atomic E-state index is 11.0. The first-order valence-electron chi connectivity index (χ1n) is 1.87. The van der Waals surface area contributed by atoms with Gasteiger partial charge >= 0.3 is 41.6 Å². The minimum absolute atomic E-state index is 0.413. The van der Waals surface area contributed by atoms with Crippen molar-refractivity contribution >= 4 is 7.50 Å². The van der Waals surface area contributed by atoms with Gasteiger partial charge in [-0.15, -0.1) is 0 Å². The van der Waals surface area contributed by atoms with Gasteiger partial charge in [0.25, 0.3) is 0 Å². The van der Waals surface area contributed by atoms with Crippen LogP contribution in [0.4, 0.5) is 21.0 Å². The number of hydrogen-bond acceptors (Lipinski definition) is 0. The van der Waals surface area contributed by atoms with Crippen LogP contribution >= 0.6 is 7.50 Å². The average molecular weight is 155 g/mol. The van der Waals surface area contributed by atoms with E-state index in [0.29, 0.717) is 6.92 Å². The Morgan fingerprint density at radius 2 is 1.12 bits per heavy atom. The zero-order chi connectivity index (χ0) is 7.12. The van der Waals surface area contributed by atoms with Gasteiger partial charge < -0.3 is 0 Å². The minimum atomic E-state index is -9.19. The van der Waals surface area contributed by atoms with E-state index in [2.05, 4.69) is 0 Å². The van der Waals surface area contributed by atoms with E-state index in [1.54, 1.807) is 0 Å². The summed E-state index contributed by atoms with van der Waals surface area (Å²) in [6.07, 6.45) is -2.00. The first kappa shape index (κ1) is 8.08. The number of hydrogen-bond donors (Lipinski definition) is 0. The van der Waals surface area contributed by atoms with Crippen molar-refractivity contribution in [2.75, 3.05) is 6.16 Å². The van der Waals surface area contributed by atoms with Crippen LogP contribution in [0, 0.1) is 0 Å². The number of halogens is 5. The van der Waals surface area contributed by atoms with Crippen molar-refractivity contribution in [2.24, 2.45) is 0 Å². The molecule has 0 aromatic rings. The van der Waals surface area contributed by atoms with E-state index in [-0.39, 0.29) is 0 Å². The van der Waals surface area contributed by atoms with Gasteiger partial charge in [0.15, 0.2) is 0 Å². The Bertz CT molecular complexity index is 93.6. The maximum atomic E-state index is 11.0. The van der Waals surface area contributed by atoms with Crippen LogP contribution in [-0.2, 0) is 0 Å². The molecule has 0 heterocycles. The topological polar surface area (TPSA) is 0 Å². The Kier molecular flexibility index (Phi) is 1.02. The van der Waals surface area contributed by atoms with Crippen LogP contribution in [0.15, 0.2) is 0 Å². The predicted molar refractivity (Wildman–Crippen MR) is 23.0 cm³/mol. The van der Waals surface area contributed by atoms with Crippen LogP contribution < -0.4 is 0 Å². The summed E-state index contributed by atoms with van der Waals surface area (Å²) in [5, 5.41) is 0. The van der Waals surface area contributed by atoms with E-state index < -0.39 is 13.7 Å². The Hall–Kier alpha value is 0.0800. The van der Waals surface area contributed by atoms with E-state index in [4.69, 9.17) is 0 Å². The van der Waals surface area contributed by atoms with Gasteiger partial charge in [0, 0.05) is 0 Å². The van der Waals surface area contributed by atoms with E-state index in [1.165, 1.54) is 0 Å². The molecular formula is C2H5F5P-. The summed E-state index contributed by atoms with van der Waals surface area (Å²) < 4.78 is 54.8. The molecule has 0 spiro atoms. The van der Waals surface area contributed by atoms with Crippen molar-refractivity contribution in [1.82, 2.24) is 0 Å². The molecule has 0 aliphatic carbocycles. The zero-order valence-electron chi connectivity index (χ0n) is 4.04. The molecule has 0 nitrogen and oxygen atoms in total. The summed E-state index contributed by atoms with van der Waals surface area (Å²) >= 11 is 0. The molecule has 0 atom stereocenters. The molecule has 0 unspecified atom stereocenters. The Labute approximate surface area is 42.8 Å². The molecule has 6 heteroatoms. The van der Waals surface area contributed by atoms with Gasteiger partial charge in [0.1, 0.15) is 0 Å². The van der Waals surface area contributed by atoms with Gasteiger partial charge in [0.2, 0.25) is 0 Å². The summed E-state index contributed by atoms with van der Waals surface area (Å²) in [4.78, 5) is 0. The molecule has 0 bridgehead atoms. The third-order valence-corrected chi connectivity index (χ3v) is 1.79. The molecule has 0 aromatic heterocycles. The van der Waals surface area contributed by atoms with Gasteiger partial charge in [-0.2, -0.15) is 0 Å². The van der Waals surface area contributed by atoms with E-state index >= 15 is 0 Å². The second-order valence-corrected chi connectivity index (χ2v) is 4.66. The summed E-state index contributed by atoms with van der Waals surface area (Å²) in [5.41, 5.74) is 0. The van der Waals surface area contributed by atoms with Crippen molar-refractivity contribution in [2.45, 2.75) is 6.92 Å². The van der Waals surface area contributed by atoms with Crippen LogP contribution in [0.2, 0.25) is 0 Å². The van der Waals surface area contributed by atoms with Crippen molar-refractivity contribution in [1.29, 1.82) is 0 Å². The van der Waals surface area contributed by atoms with E-state index in [0.717, 1.165) is 0 Å². The summed E-state index contributed by atoms with van der Waals surface area (Å²) in [6.45, 7) is 0.413. The predicted octanol–water partition coefficient (Wildman–Crippen LogP) is 3.52. The first-order chi connectivity index (χ1) is 3.04. The fraction of sp³-hybridized carbons (Fsp3) is 1.00. The monoisotopic (exact) mass is 155 g/mol. The molecule has 0 aliphatic rings. The van der Waals surface area contributed by atoms with Gasteiger partial charge in [-0.05, 0) is 0 Å². The van der Waals surface area contributed by atoms with Gasteiger partial charge in [-0.3, -0.25) is 0 Å². The first-order valence-corrected chi connectivity index (χ1v) is 4.19. The van der Waals surface area contributed by atoms with Crippen molar-refractivity contribution in [3.05, 3.63) is 0 Å². The third kappa shape index (κ3) is 6.08. The fourth-order valence-corrected chi connectivity index (χ4v) is 0. The molecule has 0 aromatic carbocycles. The standard InChI is InChI=1S/C2H5F5P/c1-2-8(3,4,5,6)7/h2H2,1H3/q-1. The molecule has 0 aliphatic heterocycles. The molecular weight excluding hydrogens is 150 g/mol. The van der Waals surface area contributed by atoms with Crippen LogP contribution in [0.5, 0.6) is 0 Å². The Balaban J connectivity index is 4.50. The van der Waals surface area contributed by atoms with Crippen molar-refractivity contribution in [3.8, 4) is 0 Å². The molecule has 0 amide bonds. The Morgan fingerprint density at radius 3 is 1.12 bits per heavy atom. The van der Waals surface area contributed by atoms with Crippen LogP contribution in [0.1, 0.15) is 6.92 Å². The molecule has 0 N–H and O–H groups in total. The van der Waals surface area contributed by atoms with Crippen LogP contribution in [0.25, 0.3) is 0 Å². The van der Waals surface area contributed by atoms with Gasteiger partial charge in [-0.1, -0.05) is 0 Å². The normalized spacial score (nSPS) is 21.8. The second kappa shape index (κ2) is 1.01. The summed E-state index contributed by atoms with van der Waals surface area (Å²) in [6, 6.07) is 0. The molecule has 0 saturated carbocycles. The second-order valence-electron chi connectivity index (χ2n) is 1.55. The summed E-state index contributed by atoms with van der Waals surface area (Å²) in [5.74, 6) is 0. The zero-order valence-corrected chi connectivity index (χ0v) is 4.94. The van der Waals surface area contributed by atoms with Crippen molar-refractivity contribution < 1.29 is 21.0 Å². The fourth-order valence-electron chi connectivity index (χ4n) is 0. The third-order valence-electron chi connectivity index (χ3n) is 0.598. The van der Waals surface area contributed by atoms with Gasteiger partial charge in [0.05, 0.1) is 0 Å². The average Bonchev–Trinajstić information content (AvgIpc) is 1.30. The van der Waals surface area contributed by atoms with Crippen molar-refractivity contribution in [3.63, 3.8) is 0 Å². The molecule has 0 radical (unpaired) electrons. The van der Waals surface area contributed by atoms with E-state index in [1.807, 2.05) is 0 Å². The summed E-state index contributed by atoms with van der Waals surface area (Å²) in [7, 11) is -9.19. The SMILES string of the molecule is CC[P-](F)(F)(F)(F)F. The number of rotatable bonds is 1. The molecule has 0 saturated heterocycles. The molecule has 8 heavy (non-hydrogen) atoms. The van der Waals surface area contributed by atoms with Crippen LogP contribution in [0.3, 0.4) is 0 Å². The van der Waals surface area contributed by atoms with E-state index in [9.17, 15) is 21.0 Å². The quantitative estimate of drug-likeness (QED) is 0.401. The molecule has 0 fully saturated rings. The van der Waals surface area contributed by atoms with Gasteiger partial charge in [-0.25, -0.2) is 0 Å². The molecule has 54 valence electrons. The van der Waals surface area contributed by atoms with Crippen LogP contribution in [-0.4, -0.2) is 6.16 Å².